The maximum absolute atomic E-state index is 14.1. The molecule has 0 saturated carbocycles. The van der Waals surface area contributed by atoms with Crippen molar-refractivity contribution in [2.45, 2.75) is 24.7 Å². The number of halogens is 2. The number of aromatic nitrogens is 1. The quantitative estimate of drug-likeness (QED) is 0.689. The Hall–Kier alpha value is -2.38. The molecule has 0 aliphatic heterocycles. The van der Waals surface area contributed by atoms with Gasteiger partial charge in [0.25, 0.3) is 0 Å². The van der Waals surface area contributed by atoms with E-state index in [0.717, 1.165) is 18.4 Å². The Bertz CT molecular complexity index is 1220. The molecule has 8 heteroatoms. The number of aromatic hydroxyl groups is 1. The number of phenols is 1. The third kappa shape index (κ3) is 3.57. The number of hydrogen-bond donors (Lipinski definition) is 2. The fourth-order valence-electron chi connectivity index (χ4n) is 3.01. The molecule has 0 spiro atoms. The number of aromatic amines is 1. The summed E-state index contributed by atoms with van der Waals surface area (Å²) in [6, 6.07) is 6.54. The van der Waals surface area contributed by atoms with Gasteiger partial charge < -0.3 is 10.1 Å². The first-order valence-electron chi connectivity index (χ1n) is 8.17. The molecule has 3 aromatic rings. The largest absolute Gasteiger partial charge is 0.507 e. The Morgan fingerprint density at radius 2 is 1.93 bits per heavy atom. The molecule has 2 N–H and O–H groups in total. The molecule has 1 heterocycles. The van der Waals surface area contributed by atoms with Gasteiger partial charge in [-0.25, -0.2) is 12.8 Å². The number of pyridine rings is 1. The third-order valence-electron chi connectivity index (χ3n) is 4.45. The molecule has 0 radical (unpaired) electrons. The zero-order chi connectivity index (χ0) is 19.9. The van der Waals surface area contributed by atoms with Crippen molar-refractivity contribution in [3.05, 3.63) is 68.2 Å². The number of rotatable bonds is 4. The predicted octanol–water partition coefficient (Wildman–Crippen LogP) is 3.58. The van der Waals surface area contributed by atoms with Gasteiger partial charge in [0.2, 0.25) is 0 Å². The monoisotopic (exact) mass is 409 g/mol. The van der Waals surface area contributed by atoms with E-state index in [1.807, 2.05) is 6.92 Å². The summed E-state index contributed by atoms with van der Waals surface area (Å²) in [6.07, 6.45) is 1.64. The number of fused-ring (bicyclic) bond motifs is 1. The van der Waals surface area contributed by atoms with Gasteiger partial charge in [-0.15, -0.1) is 0 Å². The summed E-state index contributed by atoms with van der Waals surface area (Å²) in [4.78, 5) is 15.9. The Balaban J connectivity index is 2.19. The second-order valence-corrected chi connectivity index (χ2v) is 8.71. The lowest BCUT2D eigenvalue weighted by Gasteiger charge is -2.13. The van der Waals surface area contributed by atoms with Crippen LogP contribution in [0, 0.1) is 5.82 Å². The van der Waals surface area contributed by atoms with Crippen LogP contribution in [-0.4, -0.2) is 24.8 Å². The van der Waals surface area contributed by atoms with Gasteiger partial charge in [-0.05, 0) is 36.2 Å². The zero-order valence-electron chi connectivity index (χ0n) is 14.6. The second kappa shape index (κ2) is 6.98. The minimum absolute atomic E-state index is 0.0425. The van der Waals surface area contributed by atoms with Gasteiger partial charge in [-0.1, -0.05) is 24.6 Å². The summed E-state index contributed by atoms with van der Waals surface area (Å²) in [7, 11) is -3.40. The van der Waals surface area contributed by atoms with E-state index in [1.54, 1.807) is 6.07 Å². The summed E-state index contributed by atoms with van der Waals surface area (Å²) in [5.74, 6) is -0.938. The van der Waals surface area contributed by atoms with Gasteiger partial charge in [0.15, 0.2) is 15.3 Å². The van der Waals surface area contributed by atoms with Crippen LogP contribution < -0.4 is 5.43 Å². The summed E-state index contributed by atoms with van der Waals surface area (Å²) >= 11 is 6.22. The number of nitrogens with one attached hydrogen (secondary N) is 1. The highest BCUT2D eigenvalue weighted by Crippen LogP contribution is 2.27. The summed E-state index contributed by atoms with van der Waals surface area (Å²) in [5, 5.41) is 10.1. The lowest BCUT2D eigenvalue weighted by atomic mass is 9.99. The van der Waals surface area contributed by atoms with Gasteiger partial charge in [0.1, 0.15) is 11.6 Å². The Morgan fingerprint density at radius 3 is 2.52 bits per heavy atom. The van der Waals surface area contributed by atoms with Crippen LogP contribution in [0.1, 0.15) is 23.7 Å². The highest BCUT2D eigenvalue weighted by Gasteiger charge is 2.18. The lowest BCUT2D eigenvalue weighted by molar-refractivity contribution is 0.479. The van der Waals surface area contributed by atoms with Gasteiger partial charge in [-0.2, -0.15) is 0 Å². The Labute approximate surface area is 160 Å². The van der Waals surface area contributed by atoms with Crippen molar-refractivity contribution in [3.63, 3.8) is 0 Å². The first kappa shape index (κ1) is 19.4. The molecule has 0 saturated heterocycles. The maximum atomic E-state index is 14.1. The Morgan fingerprint density at radius 1 is 1.22 bits per heavy atom. The van der Waals surface area contributed by atoms with Crippen molar-refractivity contribution in [1.29, 1.82) is 0 Å². The van der Waals surface area contributed by atoms with E-state index in [0.29, 0.717) is 23.2 Å². The van der Waals surface area contributed by atoms with Crippen molar-refractivity contribution < 1.29 is 17.9 Å². The molecule has 0 bridgehead atoms. The molecule has 0 aliphatic rings. The fourth-order valence-corrected chi connectivity index (χ4v) is 3.97. The van der Waals surface area contributed by atoms with Crippen LogP contribution in [0.25, 0.3) is 10.9 Å². The number of hydrogen-bond acceptors (Lipinski definition) is 4. The molecule has 0 fully saturated rings. The van der Waals surface area contributed by atoms with E-state index in [9.17, 15) is 22.7 Å². The third-order valence-corrected chi connectivity index (χ3v) is 5.91. The molecule has 0 amide bonds. The van der Waals surface area contributed by atoms with Crippen molar-refractivity contribution in [1.82, 2.24) is 4.98 Å². The number of aryl methyl sites for hydroxylation is 1. The van der Waals surface area contributed by atoms with Crippen molar-refractivity contribution >= 4 is 32.3 Å². The van der Waals surface area contributed by atoms with Crippen LogP contribution in [-0.2, 0) is 22.7 Å². The number of benzene rings is 2. The zero-order valence-corrected chi connectivity index (χ0v) is 16.2. The molecule has 3 rings (SSSR count). The molecule has 142 valence electrons. The second-order valence-electron chi connectivity index (χ2n) is 6.28. The standard InChI is InChI=1S/C19H17ClFNO4S/c1-3-15-12(8-10-4-5-11(9-13(10)20)27(2,25)26)19(24)17-16(23)7-6-14(21)18(17)22-15/h4-7,9,23H,3,8H2,1-2H3,(H,22,24). The van der Waals surface area contributed by atoms with Crippen LogP contribution >= 0.6 is 11.6 Å². The topological polar surface area (TPSA) is 87.2 Å². The molecule has 0 atom stereocenters. The number of sulfone groups is 1. The number of H-pyrrole nitrogens is 1. The van der Waals surface area contributed by atoms with E-state index in [4.69, 9.17) is 11.6 Å². The van der Waals surface area contributed by atoms with E-state index in [2.05, 4.69) is 4.98 Å². The first-order valence-corrected chi connectivity index (χ1v) is 10.4. The van der Waals surface area contributed by atoms with Crippen LogP contribution in [0.4, 0.5) is 4.39 Å². The summed E-state index contributed by atoms with van der Waals surface area (Å²) < 4.78 is 37.4. The normalized spacial score (nSPS) is 11.9. The average molecular weight is 410 g/mol. The molecule has 2 aromatic carbocycles. The highest BCUT2D eigenvalue weighted by atomic mass is 35.5. The molecule has 27 heavy (non-hydrogen) atoms. The van der Waals surface area contributed by atoms with Gasteiger partial charge in [0.05, 0.1) is 15.8 Å². The van der Waals surface area contributed by atoms with E-state index >= 15 is 0 Å². The SMILES string of the molecule is CCc1[nH]c2c(F)ccc(O)c2c(=O)c1Cc1ccc(S(C)(=O)=O)cc1Cl. The highest BCUT2D eigenvalue weighted by molar-refractivity contribution is 7.90. The van der Waals surface area contributed by atoms with Gasteiger partial charge in [-0.3, -0.25) is 4.79 Å². The van der Waals surface area contributed by atoms with Crippen LogP contribution in [0.3, 0.4) is 0 Å². The van der Waals surface area contributed by atoms with Crippen molar-refractivity contribution in [2.24, 2.45) is 0 Å². The van der Waals surface area contributed by atoms with Gasteiger partial charge in [0, 0.05) is 29.0 Å². The average Bonchev–Trinajstić information content (AvgIpc) is 2.60. The minimum Gasteiger partial charge on any atom is -0.507 e. The van der Waals surface area contributed by atoms with Crippen LogP contribution in [0.2, 0.25) is 5.02 Å². The lowest BCUT2D eigenvalue weighted by Crippen LogP contribution is -2.16. The first-order chi connectivity index (χ1) is 12.6. The maximum Gasteiger partial charge on any atom is 0.197 e. The summed E-state index contributed by atoms with van der Waals surface area (Å²) in [5.41, 5.74) is 0.902. The van der Waals surface area contributed by atoms with E-state index in [-0.39, 0.29) is 33.0 Å². The van der Waals surface area contributed by atoms with Crippen molar-refractivity contribution in [2.75, 3.05) is 6.26 Å². The van der Waals surface area contributed by atoms with E-state index in [1.165, 1.54) is 12.1 Å². The summed E-state index contributed by atoms with van der Waals surface area (Å²) in [6.45, 7) is 1.82. The molecular weight excluding hydrogens is 393 g/mol. The van der Waals surface area contributed by atoms with Gasteiger partial charge >= 0.3 is 0 Å². The Kier molecular flexibility index (Phi) is 5.01. The predicted molar refractivity (Wildman–Crippen MR) is 103 cm³/mol. The van der Waals surface area contributed by atoms with E-state index < -0.39 is 21.1 Å². The molecule has 5 nitrogen and oxygen atoms in total. The number of phenolic OH excluding ortho intramolecular Hbond substituents is 1. The minimum atomic E-state index is -3.40. The van der Waals surface area contributed by atoms with Crippen molar-refractivity contribution in [3.8, 4) is 5.75 Å². The fraction of sp³-hybridized carbons (Fsp3) is 0.211. The molecular formula is C19H17ClFNO4S. The molecule has 0 unspecified atom stereocenters. The van der Waals surface area contributed by atoms with Crippen LogP contribution in [0.5, 0.6) is 5.75 Å². The molecule has 1 aromatic heterocycles. The van der Waals surface area contributed by atoms with Crippen LogP contribution in [0.15, 0.2) is 40.0 Å². The molecule has 0 aliphatic carbocycles. The smallest absolute Gasteiger partial charge is 0.197 e.